The summed E-state index contributed by atoms with van der Waals surface area (Å²) >= 11 is 2.93. The minimum Gasteiger partial charge on any atom is -0.394 e. The molecule has 2 aromatic heterocycles. The number of aliphatic hydroxyl groups excluding tert-OH is 1. The fourth-order valence-corrected chi connectivity index (χ4v) is 6.84. The number of rotatable bonds is 9. The lowest BCUT2D eigenvalue weighted by atomic mass is 9.93. The second-order valence-corrected chi connectivity index (χ2v) is 10.8. The van der Waals surface area contributed by atoms with E-state index in [4.69, 9.17) is 15.2 Å². The van der Waals surface area contributed by atoms with Crippen LogP contribution in [0, 0.1) is 5.92 Å². The Morgan fingerprint density at radius 1 is 1.44 bits per heavy atom. The summed E-state index contributed by atoms with van der Waals surface area (Å²) in [4.78, 5) is 36.0. The lowest BCUT2D eigenvalue weighted by molar-refractivity contribution is -0.139. The Kier molecular flexibility index (Phi) is 7.30. The molecule has 0 unspecified atom stereocenters. The van der Waals surface area contributed by atoms with Gasteiger partial charge >= 0.3 is 0 Å². The molecule has 2 aromatic rings. The zero-order valence-electron chi connectivity index (χ0n) is 19.1. The number of ketones is 1. The smallest absolute Gasteiger partial charge is 0.280 e. The van der Waals surface area contributed by atoms with Crippen molar-refractivity contribution < 1.29 is 19.4 Å². The van der Waals surface area contributed by atoms with E-state index in [9.17, 15) is 14.7 Å². The maximum atomic E-state index is 13.2. The topological polar surface area (TPSA) is 145 Å². The van der Waals surface area contributed by atoms with Gasteiger partial charge in [-0.3, -0.25) is 19.1 Å². The van der Waals surface area contributed by atoms with Gasteiger partial charge in [0, 0.05) is 12.3 Å². The van der Waals surface area contributed by atoms with Gasteiger partial charge in [-0.15, -0.1) is 23.5 Å². The molecule has 178 valence electrons. The standard InChI is InChI=1S/C20H31N5O5S2/c1-10(2)15(27)20(31-5,32-6)19(3,4)30-11-7-13(29-12(11)8-26)25-9-22-14-16(25)23-18(21)24-17(14)28/h9-13,26H,7-8H2,1-6H3,(H3,21,23,24,28)/t11-,12+,13+/m0/s1. The van der Waals surface area contributed by atoms with Crippen LogP contribution < -0.4 is 11.3 Å². The minimum absolute atomic E-state index is 0.0215. The summed E-state index contributed by atoms with van der Waals surface area (Å²) in [6.45, 7) is 7.31. The first-order chi connectivity index (χ1) is 15.0. The Hall–Kier alpha value is -1.60. The summed E-state index contributed by atoms with van der Waals surface area (Å²) in [6.07, 6.45) is 3.99. The third-order valence-corrected chi connectivity index (χ3v) is 9.32. The maximum Gasteiger partial charge on any atom is 0.280 e. The van der Waals surface area contributed by atoms with Gasteiger partial charge in [0.1, 0.15) is 16.4 Å². The summed E-state index contributed by atoms with van der Waals surface area (Å²) < 4.78 is 13.4. The second kappa shape index (κ2) is 9.34. The predicted octanol–water partition coefficient (Wildman–Crippen LogP) is 1.79. The van der Waals surface area contributed by atoms with Crippen molar-refractivity contribution in [3.8, 4) is 0 Å². The first-order valence-electron chi connectivity index (χ1n) is 10.3. The molecule has 4 N–H and O–H groups in total. The van der Waals surface area contributed by atoms with Gasteiger partial charge in [0.2, 0.25) is 5.95 Å². The highest BCUT2D eigenvalue weighted by Gasteiger charge is 2.54. The van der Waals surface area contributed by atoms with Gasteiger partial charge in [-0.25, -0.2) is 4.98 Å². The highest BCUT2D eigenvalue weighted by Crippen LogP contribution is 2.49. The summed E-state index contributed by atoms with van der Waals surface area (Å²) in [6, 6.07) is 0. The monoisotopic (exact) mass is 485 g/mol. The quantitative estimate of drug-likeness (QED) is 0.449. The lowest BCUT2D eigenvalue weighted by Crippen LogP contribution is -2.56. The first kappa shape index (κ1) is 25.0. The van der Waals surface area contributed by atoms with Crippen LogP contribution >= 0.6 is 23.5 Å². The van der Waals surface area contributed by atoms with Crippen molar-refractivity contribution in [3.63, 3.8) is 0 Å². The van der Waals surface area contributed by atoms with Gasteiger partial charge in [-0.1, -0.05) is 13.8 Å². The molecule has 3 rings (SSSR count). The van der Waals surface area contributed by atoms with Gasteiger partial charge < -0.3 is 20.3 Å². The zero-order chi connectivity index (χ0) is 23.8. The highest BCUT2D eigenvalue weighted by molar-refractivity contribution is 8.18. The van der Waals surface area contributed by atoms with Crippen LogP contribution in [0.25, 0.3) is 11.2 Å². The molecule has 0 bridgehead atoms. The van der Waals surface area contributed by atoms with Crippen molar-refractivity contribution in [2.45, 2.75) is 62.2 Å². The fourth-order valence-electron chi connectivity index (χ4n) is 4.22. The van der Waals surface area contributed by atoms with Crippen molar-refractivity contribution in [3.05, 3.63) is 16.7 Å². The SMILES string of the molecule is CSC(SC)(C(=O)C(C)C)C(C)(C)O[C@H]1C[C@H](n2cnc3c(=O)[nH]c(N)nc32)O[C@@H]1CO. The van der Waals surface area contributed by atoms with E-state index >= 15 is 0 Å². The van der Waals surface area contributed by atoms with E-state index in [0.717, 1.165) is 0 Å². The van der Waals surface area contributed by atoms with Gasteiger partial charge in [-0.05, 0) is 26.4 Å². The van der Waals surface area contributed by atoms with E-state index < -0.39 is 33.7 Å². The van der Waals surface area contributed by atoms with Gasteiger partial charge in [0.15, 0.2) is 16.9 Å². The van der Waals surface area contributed by atoms with E-state index in [2.05, 4.69) is 15.0 Å². The van der Waals surface area contributed by atoms with Crippen molar-refractivity contribution in [2.24, 2.45) is 5.92 Å². The van der Waals surface area contributed by atoms with Crippen molar-refractivity contribution in [2.75, 3.05) is 24.9 Å². The minimum atomic E-state index is -0.861. The number of nitrogens with two attached hydrogens (primary N) is 1. The predicted molar refractivity (Wildman–Crippen MR) is 127 cm³/mol. The molecule has 0 aliphatic carbocycles. The van der Waals surface area contributed by atoms with Crippen LogP contribution in [-0.4, -0.2) is 71.4 Å². The van der Waals surface area contributed by atoms with E-state index in [1.165, 1.54) is 29.9 Å². The first-order valence-corrected chi connectivity index (χ1v) is 12.8. The number of H-pyrrole nitrogens is 1. The number of thioether (sulfide) groups is 2. The Morgan fingerprint density at radius 3 is 2.66 bits per heavy atom. The van der Waals surface area contributed by atoms with E-state index in [-0.39, 0.29) is 29.8 Å². The Morgan fingerprint density at radius 2 is 2.09 bits per heavy atom. The molecule has 1 fully saturated rings. The van der Waals surface area contributed by atoms with Crippen LogP contribution in [0.15, 0.2) is 11.1 Å². The Labute approximate surface area is 195 Å². The summed E-state index contributed by atoms with van der Waals surface area (Å²) in [5.74, 6) is -0.0873. The molecular formula is C20H31N5O5S2. The molecule has 3 atom stereocenters. The summed E-state index contributed by atoms with van der Waals surface area (Å²) in [7, 11) is 0. The van der Waals surface area contributed by atoms with Crippen LogP contribution in [0.3, 0.4) is 0 Å². The third kappa shape index (κ3) is 4.18. The number of imidazole rings is 1. The number of hydrogen-bond donors (Lipinski definition) is 3. The average Bonchev–Trinajstić information content (AvgIpc) is 3.32. The number of nitrogen functional groups attached to an aromatic ring is 1. The molecular weight excluding hydrogens is 454 g/mol. The number of fused-ring (bicyclic) bond motifs is 1. The number of hydrogen-bond acceptors (Lipinski definition) is 10. The lowest BCUT2D eigenvalue weighted by Gasteiger charge is -2.45. The average molecular weight is 486 g/mol. The van der Waals surface area contributed by atoms with E-state index in [0.29, 0.717) is 12.1 Å². The number of aromatic amines is 1. The van der Waals surface area contributed by atoms with Gasteiger partial charge in [0.25, 0.3) is 5.56 Å². The van der Waals surface area contributed by atoms with Crippen molar-refractivity contribution >= 4 is 46.4 Å². The van der Waals surface area contributed by atoms with E-state index in [1.807, 2.05) is 40.2 Å². The van der Waals surface area contributed by atoms with Crippen LogP contribution in [0.1, 0.15) is 40.3 Å². The zero-order valence-corrected chi connectivity index (χ0v) is 20.7. The number of carbonyl (C=O) groups is 1. The molecule has 0 saturated carbocycles. The Balaban J connectivity index is 1.91. The number of ether oxygens (including phenoxy) is 2. The number of aromatic nitrogens is 4. The third-order valence-electron chi connectivity index (χ3n) is 5.78. The van der Waals surface area contributed by atoms with Crippen molar-refractivity contribution in [1.82, 2.24) is 19.5 Å². The Bertz CT molecular complexity index is 1030. The molecule has 12 heteroatoms. The molecule has 1 saturated heterocycles. The van der Waals surface area contributed by atoms with Gasteiger partial charge in [-0.2, -0.15) is 4.98 Å². The van der Waals surface area contributed by atoms with Crippen LogP contribution in [0.4, 0.5) is 5.95 Å². The fraction of sp³-hybridized carbons (Fsp3) is 0.700. The number of nitrogens with one attached hydrogen (secondary N) is 1. The van der Waals surface area contributed by atoms with Crippen LogP contribution in [0.5, 0.6) is 0 Å². The second-order valence-electron chi connectivity index (χ2n) is 8.53. The number of Topliss-reactive ketones (excluding diaryl/α,β-unsaturated/α-hetero) is 1. The maximum absolute atomic E-state index is 13.2. The molecule has 10 nitrogen and oxygen atoms in total. The molecule has 0 aromatic carbocycles. The van der Waals surface area contributed by atoms with Gasteiger partial charge in [0.05, 0.1) is 24.6 Å². The number of carbonyl (C=O) groups excluding carboxylic acids is 1. The van der Waals surface area contributed by atoms with Crippen molar-refractivity contribution in [1.29, 1.82) is 0 Å². The highest BCUT2D eigenvalue weighted by atomic mass is 32.2. The molecule has 0 radical (unpaired) electrons. The molecule has 0 spiro atoms. The number of aliphatic hydroxyl groups is 1. The van der Waals surface area contributed by atoms with Crippen LogP contribution in [0.2, 0.25) is 0 Å². The normalized spacial score (nSPS) is 22.2. The molecule has 3 heterocycles. The number of nitrogens with zero attached hydrogens (tertiary/aromatic N) is 3. The van der Waals surface area contributed by atoms with Crippen LogP contribution in [-0.2, 0) is 14.3 Å². The largest absolute Gasteiger partial charge is 0.394 e. The van der Waals surface area contributed by atoms with E-state index in [1.54, 1.807) is 4.57 Å². The molecule has 0 amide bonds. The molecule has 1 aliphatic heterocycles. The number of anilines is 1. The molecule has 32 heavy (non-hydrogen) atoms. The summed E-state index contributed by atoms with van der Waals surface area (Å²) in [5, 5.41) is 9.97. The summed E-state index contributed by atoms with van der Waals surface area (Å²) in [5.41, 5.74) is 4.85. The molecule has 1 aliphatic rings.